The molecule has 8 aromatic rings. The van der Waals surface area contributed by atoms with Crippen LogP contribution in [-0.4, -0.2) is 0 Å². The second-order valence-electron chi connectivity index (χ2n) is 12.4. The molecule has 0 radical (unpaired) electrons. The maximum Gasteiger partial charge on any atom is 0.0725 e. The van der Waals surface area contributed by atoms with Crippen LogP contribution in [-0.2, 0) is 5.41 Å². The van der Waals surface area contributed by atoms with E-state index in [-0.39, 0.29) is 5.41 Å². The highest BCUT2D eigenvalue weighted by atomic mass is 14.5. The minimum Gasteiger partial charge on any atom is -0.0622 e. The molecular weight excluding hydrogens is 540 g/mol. The summed E-state index contributed by atoms with van der Waals surface area (Å²) in [5.41, 5.74) is 15.6. The standard InChI is InChI=1S/C45H28/c1-2-14-29(15-3-1)43-35-19-4-6-21-37(35)44(38-22-7-5-20-36(38)43)30-26-27-34-33-18-10-13-25-41(33)45(42(34)28-30)39-23-11-8-16-31(39)32-17-9-12-24-40(32)45/h1-28H. The van der Waals surface area contributed by atoms with Gasteiger partial charge in [-0.1, -0.05) is 164 Å². The summed E-state index contributed by atoms with van der Waals surface area (Å²) in [7, 11) is 0. The lowest BCUT2D eigenvalue weighted by atomic mass is 9.70. The first-order chi connectivity index (χ1) is 22.4. The molecule has 0 aliphatic heterocycles. The third kappa shape index (κ3) is 3.16. The van der Waals surface area contributed by atoms with Gasteiger partial charge in [-0.15, -0.1) is 0 Å². The van der Waals surface area contributed by atoms with E-state index in [4.69, 9.17) is 0 Å². The first-order valence-corrected chi connectivity index (χ1v) is 15.8. The zero-order valence-electron chi connectivity index (χ0n) is 24.7. The van der Waals surface area contributed by atoms with Crippen LogP contribution in [0.4, 0.5) is 0 Å². The molecule has 0 N–H and O–H groups in total. The fraction of sp³-hybridized carbons (Fsp3) is 0.0222. The first-order valence-electron chi connectivity index (χ1n) is 15.8. The monoisotopic (exact) mass is 568 g/mol. The summed E-state index contributed by atoms with van der Waals surface area (Å²) >= 11 is 0. The smallest absolute Gasteiger partial charge is 0.0622 e. The second-order valence-corrected chi connectivity index (χ2v) is 12.4. The normalized spacial score (nSPS) is 13.5. The quantitative estimate of drug-likeness (QED) is 0.182. The molecule has 0 nitrogen and oxygen atoms in total. The Hall–Kier alpha value is -5.72. The van der Waals surface area contributed by atoms with Crippen LogP contribution < -0.4 is 0 Å². The highest BCUT2D eigenvalue weighted by Gasteiger charge is 2.51. The number of hydrogen-bond acceptors (Lipinski definition) is 0. The molecule has 0 unspecified atom stereocenters. The molecule has 0 heterocycles. The molecule has 45 heavy (non-hydrogen) atoms. The van der Waals surface area contributed by atoms with Crippen LogP contribution in [0.2, 0.25) is 0 Å². The Labute approximate surface area is 262 Å². The number of hydrogen-bond donors (Lipinski definition) is 0. The summed E-state index contributed by atoms with van der Waals surface area (Å²) in [4.78, 5) is 0. The molecule has 0 atom stereocenters. The van der Waals surface area contributed by atoms with Gasteiger partial charge < -0.3 is 0 Å². The molecule has 0 bridgehead atoms. The zero-order valence-corrected chi connectivity index (χ0v) is 24.7. The van der Waals surface area contributed by atoms with Gasteiger partial charge in [-0.3, -0.25) is 0 Å². The molecule has 2 aliphatic carbocycles. The summed E-state index contributed by atoms with van der Waals surface area (Å²) in [5.74, 6) is 0. The average Bonchev–Trinajstić information content (AvgIpc) is 3.58. The van der Waals surface area contributed by atoms with Gasteiger partial charge in [0.25, 0.3) is 0 Å². The van der Waals surface area contributed by atoms with Crippen molar-refractivity contribution in [2.75, 3.05) is 0 Å². The van der Waals surface area contributed by atoms with E-state index in [1.54, 1.807) is 0 Å². The largest absolute Gasteiger partial charge is 0.0725 e. The van der Waals surface area contributed by atoms with E-state index in [9.17, 15) is 0 Å². The predicted molar refractivity (Wildman–Crippen MR) is 189 cm³/mol. The summed E-state index contributed by atoms with van der Waals surface area (Å²) < 4.78 is 0. The lowest BCUT2D eigenvalue weighted by Crippen LogP contribution is -2.25. The molecule has 0 aromatic heterocycles. The topological polar surface area (TPSA) is 0 Å². The molecule has 2 aliphatic rings. The van der Waals surface area contributed by atoms with E-state index < -0.39 is 0 Å². The van der Waals surface area contributed by atoms with E-state index in [1.165, 1.54) is 88.3 Å². The number of fused-ring (bicyclic) bond motifs is 12. The molecule has 0 heteroatoms. The van der Waals surface area contributed by atoms with Gasteiger partial charge in [0.15, 0.2) is 0 Å². The third-order valence-electron chi connectivity index (χ3n) is 10.3. The van der Waals surface area contributed by atoms with E-state index in [0.717, 1.165) is 0 Å². The van der Waals surface area contributed by atoms with E-state index >= 15 is 0 Å². The Bertz CT molecular complexity index is 2360. The molecule has 0 saturated carbocycles. The van der Waals surface area contributed by atoms with Crippen LogP contribution in [0.25, 0.3) is 66.1 Å². The lowest BCUT2D eigenvalue weighted by Gasteiger charge is -2.30. The van der Waals surface area contributed by atoms with Crippen molar-refractivity contribution in [3.05, 3.63) is 192 Å². The van der Waals surface area contributed by atoms with Crippen LogP contribution in [0.1, 0.15) is 22.3 Å². The van der Waals surface area contributed by atoms with Crippen molar-refractivity contribution in [3.63, 3.8) is 0 Å². The Kier molecular flexibility index (Phi) is 5.02. The SMILES string of the molecule is c1ccc(-c2c3ccccc3c(-c3ccc4c(c3)C3(c5ccccc5-c5ccccc53)c3ccccc3-4)c3ccccc23)cc1. The number of benzene rings is 8. The minimum absolute atomic E-state index is 0.356. The van der Waals surface area contributed by atoms with Crippen molar-refractivity contribution in [2.45, 2.75) is 5.41 Å². The van der Waals surface area contributed by atoms with Gasteiger partial charge in [-0.2, -0.15) is 0 Å². The first kappa shape index (κ1) is 24.7. The van der Waals surface area contributed by atoms with Gasteiger partial charge in [-0.25, -0.2) is 0 Å². The predicted octanol–water partition coefficient (Wildman–Crippen LogP) is 11.7. The maximum absolute atomic E-state index is 2.52. The Morgan fingerprint density at radius 3 is 1.13 bits per heavy atom. The van der Waals surface area contributed by atoms with E-state index in [0.29, 0.717) is 0 Å². The minimum atomic E-state index is -0.356. The van der Waals surface area contributed by atoms with E-state index in [2.05, 4.69) is 170 Å². The molecule has 1 spiro atoms. The van der Waals surface area contributed by atoms with Gasteiger partial charge >= 0.3 is 0 Å². The van der Waals surface area contributed by atoms with Crippen LogP contribution >= 0.6 is 0 Å². The van der Waals surface area contributed by atoms with Gasteiger partial charge in [0, 0.05) is 0 Å². The Balaban J connectivity index is 1.33. The van der Waals surface area contributed by atoms with Crippen molar-refractivity contribution < 1.29 is 0 Å². The molecule has 0 amide bonds. The van der Waals surface area contributed by atoms with Crippen LogP contribution in [0.15, 0.2) is 170 Å². The summed E-state index contributed by atoms with van der Waals surface area (Å²) in [6.45, 7) is 0. The van der Waals surface area contributed by atoms with Crippen molar-refractivity contribution in [3.8, 4) is 44.5 Å². The van der Waals surface area contributed by atoms with Crippen LogP contribution in [0.5, 0.6) is 0 Å². The fourth-order valence-electron chi connectivity index (χ4n) is 8.61. The zero-order chi connectivity index (χ0) is 29.5. The van der Waals surface area contributed by atoms with Gasteiger partial charge in [0.1, 0.15) is 0 Å². The van der Waals surface area contributed by atoms with Crippen molar-refractivity contribution >= 4 is 21.5 Å². The van der Waals surface area contributed by atoms with Crippen LogP contribution in [0.3, 0.4) is 0 Å². The number of rotatable bonds is 2. The van der Waals surface area contributed by atoms with E-state index in [1.807, 2.05) is 0 Å². The summed E-state index contributed by atoms with van der Waals surface area (Å²) in [6, 6.07) is 63.2. The maximum atomic E-state index is 2.52. The Morgan fingerprint density at radius 2 is 0.644 bits per heavy atom. The molecule has 10 rings (SSSR count). The second kappa shape index (κ2) is 9.14. The van der Waals surface area contributed by atoms with Crippen molar-refractivity contribution in [1.29, 1.82) is 0 Å². The fourth-order valence-corrected chi connectivity index (χ4v) is 8.61. The van der Waals surface area contributed by atoms with Gasteiger partial charge in [0.2, 0.25) is 0 Å². The lowest BCUT2D eigenvalue weighted by molar-refractivity contribution is 0.794. The highest BCUT2D eigenvalue weighted by molar-refractivity contribution is 6.21. The van der Waals surface area contributed by atoms with Crippen molar-refractivity contribution in [2.24, 2.45) is 0 Å². The van der Waals surface area contributed by atoms with Gasteiger partial charge in [-0.05, 0) is 94.4 Å². The third-order valence-corrected chi connectivity index (χ3v) is 10.3. The summed E-state index contributed by atoms with van der Waals surface area (Å²) in [5, 5.41) is 5.14. The van der Waals surface area contributed by atoms with Crippen molar-refractivity contribution in [1.82, 2.24) is 0 Å². The molecule has 8 aromatic carbocycles. The average molecular weight is 569 g/mol. The summed E-state index contributed by atoms with van der Waals surface area (Å²) in [6.07, 6.45) is 0. The molecular formula is C45H28. The Morgan fingerprint density at radius 1 is 0.267 bits per heavy atom. The highest BCUT2D eigenvalue weighted by Crippen LogP contribution is 2.63. The molecule has 0 saturated heterocycles. The van der Waals surface area contributed by atoms with Gasteiger partial charge in [0.05, 0.1) is 5.41 Å². The van der Waals surface area contributed by atoms with Crippen LogP contribution in [0, 0.1) is 0 Å². The molecule has 0 fully saturated rings. The molecule has 208 valence electrons.